The molecule has 0 saturated heterocycles. The van der Waals surface area contributed by atoms with Gasteiger partial charge in [-0.1, -0.05) is 0 Å². The van der Waals surface area contributed by atoms with Gasteiger partial charge in [-0.05, 0) is 38.1 Å². The van der Waals surface area contributed by atoms with Gasteiger partial charge in [0, 0.05) is 17.7 Å². The molecule has 0 unspecified atom stereocenters. The van der Waals surface area contributed by atoms with E-state index in [2.05, 4.69) is 15.5 Å². The molecular formula is C16H16FN5O3. The van der Waals surface area contributed by atoms with Crippen molar-refractivity contribution in [1.29, 1.82) is 0 Å². The van der Waals surface area contributed by atoms with Crippen LogP contribution in [0.1, 0.15) is 19.9 Å². The molecule has 0 aliphatic carbocycles. The highest BCUT2D eigenvalue weighted by atomic mass is 19.1. The zero-order valence-corrected chi connectivity index (χ0v) is 13.6. The number of rotatable bonds is 5. The second kappa shape index (κ2) is 6.71. The normalized spacial score (nSPS) is 11.0. The van der Waals surface area contributed by atoms with Crippen LogP contribution in [0, 0.1) is 5.82 Å². The van der Waals surface area contributed by atoms with E-state index in [0.29, 0.717) is 11.4 Å². The Hall–Kier alpha value is -3.23. The predicted octanol–water partition coefficient (Wildman–Crippen LogP) is 2.06. The molecule has 3 aromatic rings. The Morgan fingerprint density at radius 1 is 1.28 bits per heavy atom. The fourth-order valence-corrected chi connectivity index (χ4v) is 2.26. The molecule has 0 spiro atoms. The number of hydrogen-bond donors (Lipinski definition) is 1. The number of carbonyl (C=O) groups excluding carboxylic acids is 1. The summed E-state index contributed by atoms with van der Waals surface area (Å²) in [5.74, 6) is -1.08. The van der Waals surface area contributed by atoms with Crippen LogP contribution in [0.15, 0.2) is 45.7 Å². The number of benzene rings is 1. The molecule has 0 radical (unpaired) electrons. The van der Waals surface area contributed by atoms with Gasteiger partial charge in [-0.3, -0.25) is 4.79 Å². The Labute approximate surface area is 141 Å². The molecule has 1 N–H and O–H groups in total. The standard InChI is InChI=1S/C16H16FN5O3/c1-10(2)22-13(7-8-18-22)19-14(23)9-21-16(24)25-15(20-21)11-3-5-12(17)6-4-11/h3-8,10H,9H2,1-2H3,(H,19,23). The summed E-state index contributed by atoms with van der Waals surface area (Å²) in [4.78, 5) is 24.0. The highest BCUT2D eigenvalue weighted by Gasteiger charge is 2.15. The fourth-order valence-electron chi connectivity index (χ4n) is 2.26. The van der Waals surface area contributed by atoms with E-state index in [0.717, 1.165) is 4.68 Å². The summed E-state index contributed by atoms with van der Waals surface area (Å²) in [6.45, 7) is 3.55. The van der Waals surface area contributed by atoms with Gasteiger partial charge in [0.15, 0.2) is 0 Å². The van der Waals surface area contributed by atoms with Crippen LogP contribution in [0.4, 0.5) is 10.2 Å². The molecule has 0 atom stereocenters. The molecule has 0 bridgehead atoms. The Morgan fingerprint density at radius 2 is 2.00 bits per heavy atom. The van der Waals surface area contributed by atoms with Gasteiger partial charge < -0.3 is 9.73 Å². The molecule has 2 heterocycles. The molecule has 0 fully saturated rings. The number of halogens is 1. The van der Waals surface area contributed by atoms with Crippen molar-refractivity contribution >= 4 is 11.7 Å². The lowest BCUT2D eigenvalue weighted by molar-refractivity contribution is -0.117. The average Bonchev–Trinajstić information content (AvgIpc) is 3.15. The summed E-state index contributed by atoms with van der Waals surface area (Å²) in [5, 5.41) is 10.8. The van der Waals surface area contributed by atoms with Gasteiger partial charge >= 0.3 is 5.76 Å². The zero-order chi connectivity index (χ0) is 18.0. The van der Waals surface area contributed by atoms with Crippen molar-refractivity contribution in [3.05, 3.63) is 52.9 Å². The molecule has 9 heteroatoms. The third-order valence-electron chi connectivity index (χ3n) is 3.42. The third-order valence-corrected chi connectivity index (χ3v) is 3.42. The lowest BCUT2D eigenvalue weighted by Gasteiger charge is -2.11. The Kier molecular flexibility index (Phi) is 4.46. The van der Waals surface area contributed by atoms with Crippen molar-refractivity contribution in [3.63, 3.8) is 0 Å². The van der Waals surface area contributed by atoms with Crippen molar-refractivity contribution in [2.75, 3.05) is 5.32 Å². The van der Waals surface area contributed by atoms with Gasteiger partial charge in [-0.15, -0.1) is 5.10 Å². The minimum atomic E-state index is -0.771. The number of anilines is 1. The van der Waals surface area contributed by atoms with Crippen LogP contribution in [0.25, 0.3) is 11.5 Å². The quantitative estimate of drug-likeness (QED) is 0.764. The van der Waals surface area contributed by atoms with Crippen molar-refractivity contribution in [3.8, 4) is 11.5 Å². The highest BCUT2D eigenvalue weighted by molar-refractivity contribution is 5.89. The summed E-state index contributed by atoms with van der Waals surface area (Å²) >= 11 is 0. The second-order valence-corrected chi connectivity index (χ2v) is 5.64. The minimum absolute atomic E-state index is 0.0185. The fraction of sp³-hybridized carbons (Fsp3) is 0.250. The van der Waals surface area contributed by atoms with Gasteiger partial charge in [0.1, 0.15) is 18.2 Å². The topological polar surface area (TPSA) is 95.0 Å². The summed E-state index contributed by atoms with van der Waals surface area (Å²) in [5.41, 5.74) is 0.440. The Morgan fingerprint density at radius 3 is 2.68 bits per heavy atom. The number of aromatic nitrogens is 4. The first-order chi connectivity index (χ1) is 11.9. The molecule has 0 aliphatic rings. The maximum absolute atomic E-state index is 13.0. The van der Waals surface area contributed by atoms with Crippen molar-refractivity contribution < 1.29 is 13.6 Å². The van der Waals surface area contributed by atoms with E-state index < -0.39 is 17.5 Å². The van der Waals surface area contributed by atoms with E-state index in [4.69, 9.17) is 4.42 Å². The smallest absolute Gasteiger partial charge is 0.388 e. The van der Waals surface area contributed by atoms with Crippen molar-refractivity contribution in [2.45, 2.75) is 26.4 Å². The van der Waals surface area contributed by atoms with Crippen LogP contribution >= 0.6 is 0 Å². The number of hydrogen-bond acceptors (Lipinski definition) is 5. The van der Waals surface area contributed by atoms with Gasteiger partial charge in [-0.25, -0.2) is 13.9 Å². The lowest BCUT2D eigenvalue weighted by atomic mass is 10.2. The van der Waals surface area contributed by atoms with E-state index in [-0.39, 0.29) is 18.5 Å². The first-order valence-electron chi connectivity index (χ1n) is 7.61. The summed E-state index contributed by atoms with van der Waals surface area (Å²) in [6.07, 6.45) is 1.57. The SMILES string of the molecule is CC(C)n1nccc1NC(=O)Cn1nc(-c2ccc(F)cc2)oc1=O. The molecule has 0 saturated carbocycles. The number of amides is 1. The molecule has 130 valence electrons. The zero-order valence-electron chi connectivity index (χ0n) is 13.6. The van der Waals surface area contributed by atoms with Crippen LogP contribution in [0.3, 0.4) is 0 Å². The van der Waals surface area contributed by atoms with Gasteiger partial charge in [-0.2, -0.15) is 9.78 Å². The van der Waals surface area contributed by atoms with E-state index in [1.54, 1.807) is 16.9 Å². The van der Waals surface area contributed by atoms with Gasteiger partial charge in [0.25, 0.3) is 0 Å². The van der Waals surface area contributed by atoms with E-state index in [9.17, 15) is 14.0 Å². The number of carbonyl (C=O) groups is 1. The van der Waals surface area contributed by atoms with Crippen LogP contribution < -0.4 is 11.1 Å². The largest absolute Gasteiger partial charge is 0.437 e. The maximum Gasteiger partial charge on any atom is 0.437 e. The van der Waals surface area contributed by atoms with Crippen molar-refractivity contribution in [1.82, 2.24) is 19.6 Å². The van der Waals surface area contributed by atoms with Gasteiger partial charge in [0.05, 0.1) is 6.20 Å². The molecule has 0 aliphatic heterocycles. The molecule has 1 amide bonds. The summed E-state index contributed by atoms with van der Waals surface area (Å²) in [6, 6.07) is 7.07. The second-order valence-electron chi connectivity index (χ2n) is 5.64. The Bertz CT molecular complexity index is 939. The first kappa shape index (κ1) is 16.6. The summed E-state index contributed by atoms with van der Waals surface area (Å²) < 4.78 is 20.5. The molecule has 25 heavy (non-hydrogen) atoms. The van der Waals surface area contributed by atoms with Crippen LogP contribution in [-0.4, -0.2) is 25.5 Å². The lowest BCUT2D eigenvalue weighted by Crippen LogP contribution is -2.27. The Balaban J connectivity index is 1.74. The molecular weight excluding hydrogens is 329 g/mol. The van der Waals surface area contributed by atoms with E-state index >= 15 is 0 Å². The molecule has 8 nitrogen and oxygen atoms in total. The molecule has 2 aromatic heterocycles. The van der Waals surface area contributed by atoms with Gasteiger partial charge in [0.2, 0.25) is 11.8 Å². The maximum atomic E-state index is 13.0. The molecule has 1 aromatic carbocycles. The monoisotopic (exact) mass is 345 g/mol. The predicted molar refractivity (Wildman–Crippen MR) is 87.4 cm³/mol. The first-order valence-corrected chi connectivity index (χ1v) is 7.61. The number of nitrogens with one attached hydrogen (secondary N) is 1. The van der Waals surface area contributed by atoms with E-state index in [1.807, 2.05) is 13.8 Å². The molecule has 3 rings (SSSR count). The highest BCUT2D eigenvalue weighted by Crippen LogP contribution is 2.16. The minimum Gasteiger partial charge on any atom is -0.388 e. The summed E-state index contributed by atoms with van der Waals surface area (Å²) in [7, 11) is 0. The third kappa shape index (κ3) is 3.65. The van der Waals surface area contributed by atoms with Crippen LogP contribution in [0.2, 0.25) is 0 Å². The average molecular weight is 345 g/mol. The number of nitrogens with zero attached hydrogens (tertiary/aromatic N) is 4. The van der Waals surface area contributed by atoms with Crippen molar-refractivity contribution in [2.24, 2.45) is 0 Å². The van der Waals surface area contributed by atoms with Crippen LogP contribution in [-0.2, 0) is 11.3 Å². The van der Waals surface area contributed by atoms with Crippen LogP contribution in [0.5, 0.6) is 0 Å². The van der Waals surface area contributed by atoms with E-state index in [1.165, 1.54) is 24.3 Å².